The van der Waals surface area contributed by atoms with Crippen molar-refractivity contribution in [3.8, 4) is 5.75 Å². The molecule has 0 saturated heterocycles. The summed E-state index contributed by atoms with van der Waals surface area (Å²) in [5, 5.41) is 12.0. The van der Waals surface area contributed by atoms with Crippen LogP contribution in [-0.4, -0.2) is 26.4 Å². The number of thioether (sulfide) groups is 1. The lowest BCUT2D eigenvalue weighted by atomic mass is 10.1. The number of hydrogen-bond acceptors (Lipinski definition) is 5. The van der Waals surface area contributed by atoms with Gasteiger partial charge in [-0.05, 0) is 55.3 Å². The summed E-state index contributed by atoms with van der Waals surface area (Å²) in [6.45, 7) is 8.72. The van der Waals surface area contributed by atoms with Crippen LogP contribution >= 0.6 is 27.7 Å². The lowest BCUT2D eigenvalue weighted by molar-refractivity contribution is -0.113. The Morgan fingerprint density at radius 2 is 2.00 bits per heavy atom. The second kappa shape index (κ2) is 10.4. The maximum atomic E-state index is 12.3. The van der Waals surface area contributed by atoms with E-state index in [4.69, 9.17) is 4.74 Å². The molecule has 0 atom stereocenters. The van der Waals surface area contributed by atoms with Crippen molar-refractivity contribution in [1.29, 1.82) is 0 Å². The minimum atomic E-state index is -0.108. The first-order valence-electron chi connectivity index (χ1n) is 9.38. The normalized spacial score (nSPS) is 10.6. The molecule has 1 N–H and O–H groups in total. The first-order chi connectivity index (χ1) is 14.5. The van der Waals surface area contributed by atoms with Crippen LogP contribution in [0.1, 0.15) is 17.0 Å². The van der Waals surface area contributed by atoms with E-state index in [0.717, 1.165) is 21.5 Å². The maximum absolute atomic E-state index is 12.3. The van der Waals surface area contributed by atoms with E-state index >= 15 is 0 Å². The minimum absolute atomic E-state index is 0.108. The van der Waals surface area contributed by atoms with Crippen LogP contribution in [0.2, 0.25) is 0 Å². The number of nitrogens with zero attached hydrogens (tertiary/aromatic N) is 3. The van der Waals surface area contributed by atoms with Crippen LogP contribution in [0.15, 0.2) is 64.7 Å². The third-order valence-corrected chi connectivity index (χ3v) is 5.97. The average Bonchev–Trinajstić information content (AvgIpc) is 3.11. The van der Waals surface area contributed by atoms with Gasteiger partial charge in [-0.15, -0.1) is 16.8 Å². The molecule has 0 aliphatic rings. The molecule has 30 heavy (non-hydrogen) atoms. The Hall–Kier alpha value is -2.58. The summed E-state index contributed by atoms with van der Waals surface area (Å²) < 4.78 is 8.84. The number of anilines is 1. The molecule has 0 bridgehead atoms. The molecule has 1 amide bonds. The van der Waals surface area contributed by atoms with Gasteiger partial charge in [0.1, 0.15) is 12.4 Å². The van der Waals surface area contributed by atoms with Crippen LogP contribution < -0.4 is 10.1 Å². The summed E-state index contributed by atoms with van der Waals surface area (Å²) in [5.41, 5.74) is 3.03. The zero-order valence-electron chi connectivity index (χ0n) is 16.9. The van der Waals surface area contributed by atoms with Gasteiger partial charge in [-0.1, -0.05) is 45.9 Å². The van der Waals surface area contributed by atoms with Gasteiger partial charge in [-0.3, -0.25) is 9.36 Å². The van der Waals surface area contributed by atoms with Crippen LogP contribution in [0.5, 0.6) is 5.75 Å². The van der Waals surface area contributed by atoms with E-state index in [-0.39, 0.29) is 18.3 Å². The molecular formula is C22H23BrN4O2S. The average molecular weight is 487 g/mol. The standard InChI is InChI=1S/C22H23BrN4O2S/c1-4-12-27-20(13-29-19-7-5-6-15(2)16(19)3)25-26-22(27)30-14-21(28)24-18-10-8-17(23)9-11-18/h4-11H,1,12-14H2,2-3H3,(H,24,28). The second-order valence-electron chi connectivity index (χ2n) is 6.63. The zero-order valence-corrected chi connectivity index (χ0v) is 19.3. The van der Waals surface area contributed by atoms with Crippen LogP contribution in [0.25, 0.3) is 0 Å². The van der Waals surface area contributed by atoms with Gasteiger partial charge in [-0.2, -0.15) is 0 Å². The smallest absolute Gasteiger partial charge is 0.234 e. The number of nitrogens with one attached hydrogen (secondary N) is 1. The topological polar surface area (TPSA) is 69.0 Å². The first-order valence-corrected chi connectivity index (χ1v) is 11.2. The van der Waals surface area contributed by atoms with E-state index in [2.05, 4.69) is 51.0 Å². The number of hydrogen-bond donors (Lipinski definition) is 1. The molecular weight excluding hydrogens is 464 g/mol. The van der Waals surface area contributed by atoms with Crippen LogP contribution in [0.4, 0.5) is 5.69 Å². The quantitative estimate of drug-likeness (QED) is 0.334. The highest BCUT2D eigenvalue weighted by atomic mass is 79.9. The Morgan fingerprint density at radius 3 is 2.73 bits per heavy atom. The van der Waals surface area contributed by atoms with Crippen LogP contribution in [-0.2, 0) is 17.9 Å². The van der Waals surface area contributed by atoms with Crippen molar-refractivity contribution >= 4 is 39.3 Å². The summed E-state index contributed by atoms with van der Waals surface area (Å²) in [4.78, 5) is 12.3. The number of benzene rings is 2. The fourth-order valence-corrected chi connectivity index (χ4v) is 3.76. The second-order valence-corrected chi connectivity index (χ2v) is 8.49. The van der Waals surface area contributed by atoms with Crippen molar-refractivity contribution in [2.75, 3.05) is 11.1 Å². The third kappa shape index (κ3) is 5.73. The molecule has 0 saturated carbocycles. The van der Waals surface area contributed by atoms with Gasteiger partial charge >= 0.3 is 0 Å². The number of carbonyl (C=O) groups is 1. The Kier molecular flexibility index (Phi) is 7.70. The Balaban J connectivity index is 1.63. The first kappa shape index (κ1) is 22.1. The summed E-state index contributed by atoms with van der Waals surface area (Å²) in [5.74, 6) is 1.63. The Bertz CT molecular complexity index is 1030. The van der Waals surface area contributed by atoms with Gasteiger partial charge in [0.15, 0.2) is 11.0 Å². The van der Waals surface area contributed by atoms with E-state index in [1.54, 1.807) is 6.08 Å². The monoisotopic (exact) mass is 486 g/mol. The van der Waals surface area contributed by atoms with Crippen molar-refractivity contribution in [1.82, 2.24) is 14.8 Å². The Morgan fingerprint density at radius 1 is 1.23 bits per heavy atom. The molecule has 0 radical (unpaired) electrons. The fourth-order valence-electron chi connectivity index (χ4n) is 2.73. The highest BCUT2D eigenvalue weighted by Crippen LogP contribution is 2.23. The van der Waals surface area contributed by atoms with E-state index in [0.29, 0.717) is 17.5 Å². The largest absolute Gasteiger partial charge is 0.485 e. The molecule has 3 aromatic rings. The number of halogens is 1. The summed E-state index contributed by atoms with van der Waals surface area (Å²) in [7, 11) is 0. The molecule has 0 aliphatic carbocycles. The summed E-state index contributed by atoms with van der Waals surface area (Å²) in [6.07, 6.45) is 1.77. The number of rotatable bonds is 9. The van der Waals surface area contributed by atoms with E-state index in [1.165, 1.54) is 17.3 Å². The molecule has 156 valence electrons. The lowest BCUT2D eigenvalue weighted by Gasteiger charge is -2.12. The van der Waals surface area contributed by atoms with Crippen molar-refractivity contribution < 1.29 is 9.53 Å². The van der Waals surface area contributed by atoms with Gasteiger partial charge in [-0.25, -0.2) is 0 Å². The maximum Gasteiger partial charge on any atom is 0.234 e. The minimum Gasteiger partial charge on any atom is -0.485 e. The molecule has 0 unspecified atom stereocenters. The van der Waals surface area contributed by atoms with Gasteiger partial charge < -0.3 is 10.1 Å². The number of allylic oxidation sites excluding steroid dienone is 1. The summed E-state index contributed by atoms with van der Waals surface area (Å²) in [6, 6.07) is 13.4. The third-order valence-electron chi connectivity index (χ3n) is 4.48. The van der Waals surface area contributed by atoms with E-state index in [1.807, 2.05) is 47.9 Å². The van der Waals surface area contributed by atoms with E-state index < -0.39 is 0 Å². The van der Waals surface area contributed by atoms with E-state index in [9.17, 15) is 4.79 Å². The van der Waals surface area contributed by atoms with Crippen LogP contribution in [0, 0.1) is 13.8 Å². The number of aryl methyl sites for hydroxylation is 1. The molecule has 1 heterocycles. The number of amides is 1. The molecule has 2 aromatic carbocycles. The fraction of sp³-hybridized carbons (Fsp3) is 0.227. The van der Waals surface area contributed by atoms with Gasteiger partial charge in [0.2, 0.25) is 5.91 Å². The predicted molar refractivity (Wildman–Crippen MR) is 124 cm³/mol. The molecule has 1 aromatic heterocycles. The van der Waals surface area contributed by atoms with Gasteiger partial charge in [0.25, 0.3) is 0 Å². The lowest BCUT2D eigenvalue weighted by Crippen LogP contribution is -2.15. The molecule has 3 rings (SSSR count). The van der Waals surface area contributed by atoms with Gasteiger partial charge in [0.05, 0.1) is 5.75 Å². The van der Waals surface area contributed by atoms with Crippen molar-refractivity contribution in [2.45, 2.75) is 32.2 Å². The number of carbonyl (C=O) groups excluding carboxylic acids is 1. The SMILES string of the molecule is C=CCn1c(COc2cccc(C)c2C)nnc1SCC(=O)Nc1ccc(Br)cc1. The molecule has 8 heteroatoms. The number of aromatic nitrogens is 3. The summed E-state index contributed by atoms with van der Waals surface area (Å²) >= 11 is 4.71. The Labute approximate surface area is 188 Å². The highest BCUT2D eigenvalue weighted by molar-refractivity contribution is 9.10. The predicted octanol–water partition coefficient (Wildman–Crippen LogP) is 5.15. The van der Waals surface area contributed by atoms with Crippen molar-refractivity contribution in [3.05, 3.63) is 76.5 Å². The van der Waals surface area contributed by atoms with Crippen molar-refractivity contribution in [3.63, 3.8) is 0 Å². The van der Waals surface area contributed by atoms with Crippen LogP contribution in [0.3, 0.4) is 0 Å². The molecule has 0 aliphatic heterocycles. The van der Waals surface area contributed by atoms with Gasteiger partial charge in [0, 0.05) is 16.7 Å². The molecule has 0 spiro atoms. The van der Waals surface area contributed by atoms with Crippen molar-refractivity contribution in [2.24, 2.45) is 0 Å². The zero-order chi connectivity index (χ0) is 21.5. The molecule has 6 nitrogen and oxygen atoms in total. The highest BCUT2D eigenvalue weighted by Gasteiger charge is 2.15. The molecule has 0 fully saturated rings. The number of ether oxygens (including phenoxy) is 1.